The van der Waals surface area contributed by atoms with E-state index in [1.54, 1.807) is 0 Å². The molecular formula is C12H15FN2O4S. The summed E-state index contributed by atoms with van der Waals surface area (Å²) < 4.78 is 36.1. The molecule has 2 N–H and O–H groups in total. The van der Waals surface area contributed by atoms with Gasteiger partial charge in [0.25, 0.3) is 5.69 Å². The number of hydrogen-bond donors (Lipinski definition) is 1. The fraction of sp³-hybridized carbons (Fsp3) is 0.500. The molecule has 2 unspecified atom stereocenters. The lowest BCUT2D eigenvalue weighted by atomic mass is 9.93. The summed E-state index contributed by atoms with van der Waals surface area (Å²) in [6.45, 7) is 0. The molecule has 110 valence electrons. The normalized spacial score (nSPS) is 22.6. The first-order valence-electron chi connectivity index (χ1n) is 6.17. The van der Waals surface area contributed by atoms with E-state index in [1.807, 2.05) is 0 Å². The maximum Gasteiger partial charge on any atom is 0.272 e. The Kier molecular flexibility index (Phi) is 4.05. The van der Waals surface area contributed by atoms with Gasteiger partial charge in [-0.2, -0.15) is 0 Å². The van der Waals surface area contributed by atoms with Crippen LogP contribution in [0.1, 0.15) is 12.0 Å². The molecule has 0 aliphatic carbocycles. The maximum absolute atomic E-state index is 13.3. The molecule has 0 aromatic heterocycles. The monoisotopic (exact) mass is 302 g/mol. The third-order valence-electron chi connectivity index (χ3n) is 3.50. The van der Waals surface area contributed by atoms with Crippen LogP contribution < -0.4 is 5.73 Å². The molecule has 1 fully saturated rings. The predicted molar refractivity (Wildman–Crippen MR) is 71.5 cm³/mol. The zero-order valence-corrected chi connectivity index (χ0v) is 11.5. The van der Waals surface area contributed by atoms with E-state index < -0.39 is 26.6 Å². The quantitative estimate of drug-likeness (QED) is 0.661. The van der Waals surface area contributed by atoms with Gasteiger partial charge in [-0.15, -0.1) is 0 Å². The second-order valence-electron chi connectivity index (χ2n) is 5.11. The zero-order chi connectivity index (χ0) is 14.9. The van der Waals surface area contributed by atoms with Crippen molar-refractivity contribution in [2.45, 2.75) is 18.9 Å². The molecule has 0 radical (unpaired) electrons. The number of nitro groups is 1. The van der Waals surface area contributed by atoms with Gasteiger partial charge < -0.3 is 5.73 Å². The number of benzene rings is 1. The van der Waals surface area contributed by atoms with Crippen LogP contribution in [0.4, 0.5) is 10.1 Å². The van der Waals surface area contributed by atoms with Gasteiger partial charge in [0.05, 0.1) is 22.5 Å². The number of hydrogen-bond acceptors (Lipinski definition) is 5. The van der Waals surface area contributed by atoms with E-state index in [1.165, 1.54) is 12.1 Å². The van der Waals surface area contributed by atoms with Gasteiger partial charge in [-0.25, -0.2) is 12.8 Å². The molecule has 1 aliphatic heterocycles. The van der Waals surface area contributed by atoms with Crippen LogP contribution in [0.15, 0.2) is 18.2 Å². The summed E-state index contributed by atoms with van der Waals surface area (Å²) in [6, 6.07) is 2.85. The Hall–Kier alpha value is -1.54. The Balaban J connectivity index is 2.12. The summed E-state index contributed by atoms with van der Waals surface area (Å²) in [7, 11) is -3.02. The van der Waals surface area contributed by atoms with Gasteiger partial charge >= 0.3 is 0 Å². The van der Waals surface area contributed by atoms with Crippen LogP contribution in [0.2, 0.25) is 0 Å². The number of nitrogens with two attached hydrogens (primary N) is 1. The van der Waals surface area contributed by atoms with E-state index in [9.17, 15) is 22.9 Å². The number of rotatable bonds is 4. The highest BCUT2D eigenvalue weighted by atomic mass is 32.2. The molecule has 0 spiro atoms. The summed E-state index contributed by atoms with van der Waals surface area (Å²) in [5.74, 6) is -0.719. The Morgan fingerprint density at radius 1 is 1.45 bits per heavy atom. The zero-order valence-electron chi connectivity index (χ0n) is 10.7. The van der Waals surface area contributed by atoms with Crippen LogP contribution >= 0.6 is 0 Å². The molecule has 6 nitrogen and oxygen atoms in total. The van der Waals surface area contributed by atoms with Gasteiger partial charge in [-0.3, -0.25) is 10.1 Å². The average molecular weight is 302 g/mol. The highest BCUT2D eigenvalue weighted by Crippen LogP contribution is 2.24. The van der Waals surface area contributed by atoms with Gasteiger partial charge in [-0.1, -0.05) is 0 Å². The van der Waals surface area contributed by atoms with Crippen molar-refractivity contribution in [3.05, 3.63) is 39.7 Å². The van der Waals surface area contributed by atoms with Crippen LogP contribution in [0.5, 0.6) is 0 Å². The van der Waals surface area contributed by atoms with Crippen molar-refractivity contribution in [3.8, 4) is 0 Å². The lowest BCUT2D eigenvalue weighted by Crippen LogP contribution is -2.33. The highest BCUT2D eigenvalue weighted by Gasteiger charge is 2.32. The molecule has 1 heterocycles. The largest absolute Gasteiger partial charge is 0.327 e. The summed E-state index contributed by atoms with van der Waals surface area (Å²) in [6.07, 6.45) is 0.708. The topological polar surface area (TPSA) is 103 Å². The molecule has 1 aliphatic rings. The van der Waals surface area contributed by atoms with E-state index in [0.717, 1.165) is 6.07 Å². The number of sulfone groups is 1. The van der Waals surface area contributed by atoms with E-state index in [4.69, 9.17) is 5.73 Å². The molecule has 1 aromatic rings. The van der Waals surface area contributed by atoms with Gasteiger partial charge in [0.15, 0.2) is 9.84 Å². The van der Waals surface area contributed by atoms with Crippen molar-refractivity contribution in [1.82, 2.24) is 0 Å². The fourth-order valence-electron chi connectivity index (χ4n) is 2.46. The van der Waals surface area contributed by atoms with Crippen LogP contribution in [0.3, 0.4) is 0 Å². The molecule has 8 heteroatoms. The first-order valence-corrected chi connectivity index (χ1v) is 7.99. The van der Waals surface area contributed by atoms with E-state index in [2.05, 4.69) is 0 Å². The standard InChI is InChI=1S/C12H15FN2O4S/c13-10-3-8(4-11(6-10)15(16)17)5-12(14)9-1-2-20(18,19)7-9/h3-4,6,9,12H,1-2,5,7,14H2. The Morgan fingerprint density at radius 2 is 2.15 bits per heavy atom. The number of non-ortho nitro benzene ring substituents is 1. The van der Waals surface area contributed by atoms with Crippen molar-refractivity contribution < 1.29 is 17.7 Å². The first-order chi connectivity index (χ1) is 9.27. The van der Waals surface area contributed by atoms with E-state index in [-0.39, 0.29) is 29.5 Å². The molecule has 0 saturated carbocycles. The minimum absolute atomic E-state index is 0.0333. The molecule has 0 bridgehead atoms. The van der Waals surface area contributed by atoms with Crippen molar-refractivity contribution in [1.29, 1.82) is 0 Å². The average Bonchev–Trinajstić information content (AvgIpc) is 2.69. The molecule has 2 rings (SSSR count). The van der Waals surface area contributed by atoms with Crippen molar-refractivity contribution >= 4 is 15.5 Å². The highest BCUT2D eigenvalue weighted by molar-refractivity contribution is 7.91. The number of nitro benzene ring substituents is 1. The van der Waals surface area contributed by atoms with Gasteiger partial charge in [0.2, 0.25) is 0 Å². The first kappa shape index (κ1) is 14.9. The minimum atomic E-state index is -3.02. The van der Waals surface area contributed by atoms with Gasteiger partial charge in [-0.05, 0) is 30.4 Å². The Labute approximate surface area is 115 Å². The smallest absolute Gasteiger partial charge is 0.272 e. The summed E-state index contributed by atoms with van der Waals surface area (Å²) in [5.41, 5.74) is 6.03. The van der Waals surface area contributed by atoms with Crippen LogP contribution in [0.25, 0.3) is 0 Å². The molecule has 20 heavy (non-hydrogen) atoms. The Bertz CT molecular complexity index is 632. The number of halogens is 1. The van der Waals surface area contributed by atoms with Gasteiger partial charge in [0.1, 0.15) is 5.82 Å². The Morgan fingerprint density at radius 3 is 2.70 bits per heavy atom. The summed E-state index contributed by atoms with van der Waals surface area (Å²) in [4.78, 5) is 9.99. The number of nitrogens with zero attached hydrogens (tertiary/aromatic N) is 1. The molecule has 0 amide bonds. The van der Waals surface area contributed by atoms with E-state index >= 15 is 0 Å². The summed E-state index contributed by atoms with van der Waals surface area (Å²) >= 11 is 0. The van der Waals surface area contributed by atoms with Crippen LogP contribution in [0, 0.1) is 21.8 Å². The second kappa shape index (κ2) is 5.45. The fourth-order valence-corrected chi connectivity index (χ4v) is 4.35. The van der Waals surface area contributed by atoms with Gasteiger partial charge in [0, 0.05) is 12.1 Å². The van der Waals surface area contributed by atoms with E-state index in [0.29, 0.717) is 12.0 Å². The maximum atomic E-state index is 13.3. The van der Waals surface area contributed by atoms with Crippen molar-refractivity contribution in [2.24, 2.45) is 11.7 Å². The van der Waals surface area contributed by atoms with Crippen molar-refractivity contribution in [3.63, 3.8) is 0 Å². The SMILES string of the molecule is NC(Cc1cc(F)cc([N+](=O)[O-])c1)C1CCS(=O)(=O)C1. The third kappa shape index (κ3) is 3.51. The lowest BCUT2D eigenvalue weighted by Gasteiger charge is -2.17. The van der Waals surface area contributed by atoms with Crippen LogP contribution in [-0.4, -0.2) is 30.9 Å². The lowest BCUT2D eigenvalue weighted by molar-refractivity contribution is -0.385. The molecule has 1 aromatic carbocycles. The third-order valence-corrected chi connectivity index (χ3v) is 5.29. The summed E-state index contributed by atoms with van der Waals surface area (Å²) in [5, 5.41) is 10.7. The predicted octanol–water partition coefficient (Wildman–Crippen LogP) is 1.04. The minimum Gasteiger partial charge on any atom is -0.327 e. The van der Waals surface area contributed by atoms with Crippen LogP contribution in [-0.2, 0) is 16.3 Å². The molecule has 1 saturated heterocycles. The second-order valence-corrected chi connectivity index (χ2v) is 7.33. The van der Waals surface area contributed by atoms with Crippen molar-refractivity contribution in [2.75, 3.05) is 11.5 Å². The molecule has 2 atom stereocenters. The molecular weight excluding hydrogens is 287 g/mol.